The number of fused-ring (bicyclic) bond motifs is 1. The summed E-state index contributed by atoms with van der Waals surface area (Å²) in [7, 11) is 1.56. The van der Waals surface area contributed by atoms with Crippen molar-refractivity contribution in [3.05, 3.63) is 30.0 Å². The topological polar surface area (TPSA) is 155 Å². The zero-order valence-corrected chi connectivity index (χ0v) is 19.4. The van der Waals surface area contributed by atoms with Crippen LogP contribution in [0.25, 0.3) is 10.9 Å². The molecule has 34 heavy (non-hydrogen) atoms. The Morgan fingerprint density at radius 1 is 1.26 bits per heavy atom. The van der Waals surface area contributed by atoms with Crippen LogP contribution >= 0.6 is 0 Å². The van der Waals surface area contributed by atoms with Crippen LogP contribution in [0.5, 0.6) is 5.75 Å². The number of hydrogen-bond donors (Lipinski definition) is 5. The van der Waals surface area contributed by atoms with Crippen molar-refractivity contribution in [1.29, 1.82) is 0 Å². The van der Waals surface area contributed by atoms with Crippen molar-refractivity contribution in [2.75, 3.05) is 13.7 Å². The zero-order valence-electron chi connectivity index (χ0n) is 19.4. The molecule has 2 aromatic rings. The molecule has 3 atom stereocenters. The van der Waals surface area contributed by atoms with Crippen molar-refractivity contribution in [2.45, 2.75) is 50.6 Å². The molecule has 1 aromatic carbocycles. The van der Waals surface area contributed by atoms with Crippen molar-refractivity contribution in [1.82, 2.24) is 20.9 Å². The molecule has 4 amide bonds. The molecule has 6 N–H and O–H groups in total. The lowest BCUT2D eigenvalue weighted by Gasteiger charge is -2.31. The molecule has 4 rings (SSSR count). The summed E-state index contributed by atoms with van der Waals surface area (Å²) >= 11 is 0. The first-order valence-corrected chi connectivity index (χ1v) is 11.6. The van der Waals surface area contributed by atoms with Gasteiger partial charge in [0.1, 0.15) is 23.0 Å². The number of ether oxygens (including phenoxy) is 1. The Bertz CT molecular complexity index is 1120. The van der Waals surface area contributed by atoms with E-state index in [0.717, 1.165) is 23.7 Å². The molecule has 2 aliphatic rings. The van der Waals surface area contributed by atoms with Crippen LogP contribution in [0.15, 0.2) is 24.3 Å². The Morgan fingerprint density at radius 2 is 2.03 bits per heavy atom. The highest BCUT2D eigenvalue weighted by molar-refractivity contribution is 6.02. The minimum absolute atomic E-state index is 0.103. The van der Waals surface area contributed by atoms with E-state index >= 15 is 0 Å². The van der Waals surface area contributed by atoms with Gasteiger partial charge in [-0.3, -0.25) is 19.2 Å². The summed E-state index contributed by atoms with van der Waals surface area (Å²) in [5.41, 5.74) is 5.26. The molecule has 1 saturated heterocycles. The fourth-order valence-electron chi connectivity index (χ4n) is 4.49. The lowest BCUT2D eigenvalue weighted by atomic mass is 9.86. The second-order valence-corrected chi connectivity index (χ2v) is 9.48. The van der Waals surface area contributed by atoms with Crippen LogP contribution in [0.2, 0.25) is 0 Å². The first-order chi connectivity index (χ1) is 16.2. The second kappa shape index (κ2) is 9.36. The largest absolute Gasteiger partial charge is 0.496 e. The molecule has 0 radical (unpaired) electrons. The van der Waals surface area contributed by atoms with E-state index in [1.807, 2.05) is 12.1 Å². The Hall–Kier alpha value is -3.56. The third-order valence-electron chi connectivity index (χ3n) is 6.74. The molecule has 182 valence electrons. The summed E-state index contributed by atoms with van der Waals surface area (Å²) in [6, 6.07) is 6.29. The van der Waals surface area contributed by atoms with Crippen LogP contribution in [0.1, 0.15) is 49.5 Å². The Balaban J connectivity index is 1.50. The van der Waals surface area contributed by atoms with Gasteiger partial charge in [-0.15, -0.1) is 0 Å². The predicted molar refractivity (Wildman–Crippen MR) is 125 cm³/mol. The van der Waals surface area contributed by atoms with Gasteiger partial charge in [-0.1, -0.05) is 18.9 Å². The van der Waals surface area contributed by atoms with Crippen molar-refractivity contribution < 1.29 is 23.9 Å². The molecule has 10 heteroatoms. The summed E-state index contributed by atoms with van der Waals surface area (Å²) < 4.78 is 5.35. The van der Waals surface area contributed by atoms with Gasteiger partial charge in [0.25, 0.3) is 5.91 Å². The molecular formula is C24H31N5O5. The predicted octanol–water partition coefficient (Wildman–Crippen LogP) is 0.961. The number of aromatic nitrogens is 1. The highest BCUT2D eigenvalue weighted by atomic mass is 16.5. The van der Waals surface area contributed by atoms with Gasteiger partial charge in [-0.2, -0.15) is 0 Å². The summed E-state index contributed by atoms with van der Waals surface area (Å²) in [5.74, 6) is -1.25. The van der Waals surface area contributed by atoms with Crippen LogP contribution in [-0.4, -0.2) is 53.8 Å². The number of nitrogens with one attached hydrogen (secondary N) is 4. The molecule has 0 bridgehead atoms. The van der Waals surface area contributed by atoms with E-state index in [1.54, 1.807) is 19.2 Å². The average Bonchev–Trinajstić information content (AvgIpc) is 3.36. The molecule has 1 aliphatic carbocycles. The van der Waals surface area contributed by atoms with Crippen LogP contribution in [0.3, 0.4) is 0 Å². The highest BCUT2D eigenvalue weighted by Crippen LogP contribution is 2.34. The van der Waals surface area contributed by atoms with E-state index in [4.69, 9.17) is 10.5 Å². The molecule has 1 saturated carbocycles. The van der Waals surface area contributed by atoms with E-state index in [0.29, 0.717) is 36.7 Å². The third kappa shape index (κ3) is 5.00. The van der Waals surface area contributed by atoms with E-state index < -0.39 is 35.2 Å². The van der Waals surface area contributed by atoms with Gasteiger partial charge in [0, 0.05) is 23.4 Å². The Morgan fingerprint density at radius 3 is 2.65 bits per heavy atom. The number of rotatable bonds is 10. The van der Waals surface area contributed by atoms with Gasteiger partial charge in [0.15, 0.2) is 0 Å². The van der Waals surface area contributed by atoms with Crippen molar-refractivity contribution >= 4 is 34.5 Å². The minimum Gasteiger partial charge on any atom is -0.496 e. The number of methoxy groups -OCH3 is 1. The van der Waals surface area contributed by atoms with Crippen LogP contribution in [0.4, 0.5) is 0 Å². The van der Waals surface area contributed by atoms with Crippen LogP contribution < -0.4 is 26.4 Å². The van der Waals surface area contributed by atoms with E-state index in [1.165, 1.54) is 6.92 Å². The highest BCUT2D eigenvalue weighted by Gasteiger charge is 2.41. The second-order valence-electron chi connectivity index (χ2n) is 9.48. The molecular weight excluding hydrogens is 438 g/mol. The van der Waals surface area contributed by atoms with Crippen molar-refractivity contribution in [3.63, 3.8) is 0 Å². The number of H-pyrrole nitrogens is 1. The van der Waals surface area contributed by atoms with Gasteiger partial charge in [-0.05, 0) is 50.3 Å². The summed E-state index contributed by atoms with van der Waals surface area (Å²) in [5, 5.41) is 9.04. The van der Waals surface area contributed by atoms with E-state index in [9.17, 15) is 19.2 Å². The molecule has 2 heterocycles. The molecule has 2 fully saturated rings. The number of hydrogen-bond acceptors (Lipinski definition) is 5. The number of nitrogens with two attached hydrogens (primary N) is 1. The minimum atomic E-state index is -1.41. The van der Waals surface area contributed by atoms with E-state index in [2.05, 4.69) is 20.9 Å². The Kier molecular flexibility index (Phi) is 6.49. The van der Waals surface area contributed by atoms with Gasteiger partial charge in [0.05, 0.1) is 7.11 Å². The fraction of sp³-hybridized carbons (Fsp3) is 0.500. The number of aromatic amines is 1. The summed E-state index contributed by atoms with van der Waals surface area (Å²) in [6.45, 7) is 2.06. The quantitative estimate of drug-likeness (QED) is 0.350. The van der Waals surface area contributed by atoms with Crippen molar-refractivity contribution in [3.8, 4) is 5.75 Å². The maximum atomic E-state index is 13.3. The molecule has 1 aromatic heterocycles. The lowest BCUT2D eigenvalue weighted by Crippen LogP contribution is -2.60. The SMILES string of the molecule is COc1cccc2[nH]c(C(=O)N[C@@H](CC3CC3)C(=O)NC(C)(CC3CCNC3=O)C(N)=O)cc12. The number of carbonyl (C=O) groups is 4. The summed E-state index contributed by atoms with van der Waals surface area (Å²) in [4.78, 5) is 53.7. The molecule has 0 spiro atoms. The van der Waals surface area contributed by atoms with Crippen molar-refractivity contribution in [2.24, 2.45) is 17.6 Å². The van der Waals surface area contributed by atoms with Gasteiger partial charge in [0.2, 0.25) is 17.7 Å². The normalized spacial score (nSPS) is 20.3. The first-order valence-electron chi connectivity index (χ1n) is 11.6. The monoisotopic (exact) mass is 469 g/mol. The average molecular weight is 470 g/mol. The fourth-order valence-corrected chi connectivity index (χ4v) is 4.49. The van der Waals surface area contributed by atoms with Gasteiger partial charge in [-0.25, -0.2) is 0 Å². The summed E-state index contributed by atoms with van der Waals surface area (Å²) in [6.07, 6.45) is 3.10. The maximum Gasteiger partial charge on any atom is 0.268 e. The smallest absolute Gasteiger partial charge is 0.268 e. The molecule has 2 unspecified atom stereocenters. The van der Waals surface area contributed by atoms with E-state index in [-0.39, 0.29) is 12.3 Å². The lowest BCUT2D eigenvalue weighted by molar-refractivity contribution is -0.134. The maximum absolute atomic E-state index is 13.3. The number of carbonyl (C=O) groups excluding carboxylic acids is 4. The third-order valence-corrected chi connectivity index (χ3v) is 6.74. The first kappa shape index (κ1) is 23.6. The van der Waals surface area contributed by atoms with Gasteiger partial charge >= 0.3 is 0 Å². The van der Waals surface area contributed by atoms with Gasteiger partial charge < -0.3 is 31.4 Å². The molecule has 1 aliphatic heterocycles. The standard InChI is InChI=1S/C24H31N5O5/c1-24(23(25)33,12-14-8-9-26-20(14)30)29-22(32)17(10-13-6-7-13)28-21(31)18-11-15-16(27-18)4-3-5-19(15)34-2/h3-5,11,13-14,17,27H,6-10,12H2,1-2H3,(H2,25,33)(H,26,30)(H,28,31)(H,29,32)/t14?,17-,24?/m0/s1. The number of primary amides is 1. The number of amides is 4. The molecule has 10 nitrogen and oxygen atoms in total. The van der Waals surface area contributed by atoms with Crippen LogP contribution in [0, 0.1) is 11.8 Å². The number of benzene rings is 1. The van der Waals surface area contributed by atoms with Crippen LogP contribution in [-0.2, 0) is 14.4 Å². The Labute approximate surface area is 197 Å². The zero-order chi connectivity index (χ0) is 24.5.